The van der Waals surface area contributed by atoms with Crippen LogP contribution in [0.4, 0.5) is 0 Å². The second-order valence-electron chi connectivity index (χ2n) is 22.2. The van der Waals surface area contributed by atoms with Crippen LogP contribution in [0.5, 0.6) is 17.2 Å². The number of methoxy groups -OCH3 is 1. The average molecular weight is 2140 g/mol. The number of hydrogen-bond acceptors (Lipinski definition) is 43. The lowest BCUT2D eigenvalue weighted by molar-refractivity contribution is -0.870. The first kappa shape index (κ1) is 175. The number of aliphatic hydroxyl groups excluding tert-OH is 2. The smallest absolute Gasteiger partial charge is 0.305 e. The van der Waals surface area contributed by atoms with Gasteiger partial charge in [0.05, 0.1) is 68.8 Å². The monoisotopic (exact) mass is 2140 g/mol. The molecule has 150 heavy (non-hydrogen) atoms. The fourth-order valence-corrected chi connectivity index (χ4v) is 11.5. The number of phenolic OH excluding ortho intramolecular Hbond substituents is 2. The molecule has 0 unspecified atom stereocenters. The van der Waals surface area contributed by atoms with Gasteiger partial charge < -0.3 is 49.8 Å². The van der Waals surface area contributed by atoms with Crippen molar-refractivity contribution in [3.8, 4) is 28.4 Å². The van der Waals surface area contributed by atoms with Gasteiger partial charge in [-0.3, -0.25) is 38.9 Å². The van der Waals surface area contributed by atoms with Crippen molar-refractivity contribution in [3.05, 3.63) is 427 Å². The van der Waals surface area contributed by atoms with Crippen LogP contribution >= 0.6 is 0 Å². The molecule has 4 aliphatic rings. The van der Waals surface area contributed by atoms with Crippen molar-refractivity contribution in [2.45, 2.75) is 113 Å². The number of aromatic hydroxyl groups is 2. The summed E-state index contributed by atoms with van der Waals surface area (Å²) < 4.78 is 22.6. The highest BCUT2D eigenvalue weighted by Gasteiger charge is 2.50. The van der Waals surface area contributed by atoms with E-state index in [4.69, 9.17) is 28.7 Å². The number of nitrogens with one attached hydrogen (secondary N) is 2. The maximum absolute atomic E-state index is 14.2. The first-order valence-corrected chi connectivity index (χ1v) is 42.0. The number of ether oxygens (including phenoxy) is 4. The van der Waals surface area contributed by atoms with E-state index in [9.17, 15) is 59.1 Å². The Kier molecular flexibility index (Phi) is 157. The lowest BCUT2D eigenvalue weighted by atomic mass is 9.71. The first-order chi connectivity index (χ1) is 73.4. The lowest BCUT2D eigenvalue weighted by Crippen LogP contribution is -2.59. The van der Waals surface area contributed by atoms with E-state index in [1.54, 1.807) is 0 Å². The number of aliphatic hydroxyl groups is 3. The molecule has 44 heteroatoms. The third-order valence-electron chi connectivity index (χ3n) is 15.9. The number of hydrogen-bond donors (Lipinski definition) is 7. The Labute approximate surface area is 884 Å². The Balaban J connectivity index is -0.000000216. The van der Waals surface area contributed by atoms with E-state index in [-0.39, 0.29) is 72.6 Å². The van der Waals surface area contributed by atoms with Crippen LogP contribution in [0.25, 0.3) is 11.1 Å². The normalized spacial score (nSPS) is 13.7. The summed E-state index contributed by atoms with van der Waals surface area (Å²) in [6, 6.07) is 17.1. The van der Waals surface area contributed by atoms with Crippen molar-refractivity contribution >= 4 is 41.0 Å². The van der Waals surface area contributed by atoms with E-state index < -0.39 is 164 Å². The number of fused-ring (bicyclic) bond motifs is 6. The van der Waals surface area contributed by atoms with E-state index in [2.05, 4.69) is 447 Å². The standard InChI is InChI=1S/C58H66N2O42.24C2H4/c1-31-52(67)40(22-45(80-31)60-41-25-58(72,43(63)26-61)24-38-48(41)55(70)51-50(54(38)69)53(68)37-17-10-18-42(73-2)49(37)56(51)71)59-44(64)19-11-21-47(66)77-28-57(29-78-83-87-91-95-99-101-97-93-89-85-81-74-3,30-79-84-88-92-96-100-102-98-94-90-86-82-75-4)23-32(62)12-9-20-46(65)76-27-39-35-15-7-5-13-33(35)34-14-6-8-16-36(34)39;24*1-2/h5-8,10,13-18,31,39-41,45,52,60-61,67,69-70,72H,9,11-12,19-30H2,1-4H3,(H,59,64);24*1-2H2/t31-,40-,41-,45+,52+,58-;;;;;;;;;;;;;;;;;;;;;;;;/m1......................../s1. The number of amides is 1. The highest BCUT2D eigenvalue weighted by molar-refractivity contribution is 6.31. The Morgan fingerprint density at radius 3 is 1.14 bits per heavy atom. The van der Waals surface area contributed by atoms with Crippen molar-refractivity contribution in [1.82, 2.24) is 10.6 Å². The highest BCUT2D eigenvalue weighted by atomic mass is 18.0. The molecule has 0 spiro atoms. The molecule has 1 heterocycles. The van der Waals surface area contributed by atoms with Gasteiger partial charge >= 0.3 is 11.9 Å². The summed E-state index contributed by atoms with van der Waals surface area (Å²) in [6.45, 7) is 142. The molecule has 0 aromatic heterocycles. The summed E-state index contributed by atoms with van der Waals surface area (Å²) in [5.41, 5.74) is -2.46. The molecular formula is C106H162N2O42. The molecule has 1 fully saturated rings. The van der Waals surface area contributed by atoms with E-state index >= 15 is 0 Å². The van der Waals surface area contributed by atoms with Gasteiger partial charge in [-0.1, -0.05) is 60.7 Å². The number of carbonyl (C=O) groups is 7. The molecule has 0 radical (unpaired) electrons. The number of ketones is 4. The van der Waals surface area contributed by atoms with E-state index in [1.165, 1.54) is 32.2 Å². The third-order valence-corrected chi connectivity index (χ3v) is 15.9. The van der Waals surface area contributed by atoms with Gasteiger partial charge in [-0.25, -0.2) is 19.6 Å². The second-order valence-corrected chi connectivity index (χ2v) is 22.2. The van der Waals surface area contributed by atoms with Crippen LogP contribution in [0, 0.1) is 5.41 Å². The summed E-state index contributed by atoms with van der Waals surface area (Å²) in [6.07, 6.45) is -7.61. The molecule has 4 aromatic carbocycles. The fraction of sp³-hybridized carbons (Fsp3) is 0.255. The molecule has 0 saturated carbocycles. The summed E-state index contributed by atoms with van der Waals surface area (Å²) in [5.74, 6) is -7.68. The predicted octanol–water partition coefficient (Wildman–Crippen LogP) is 21.8. The summed E-state index contributed by atoms with van der Waals surface area (Å²) in [7, 11) is 3.35. The van der Waals surface area contributed by atoms with Gasteiger partial charge in [-0.15, -0.1) is 316 Å². The second kappa shape index (κ2) is 135. The molecule has 3 aliphatic carbocycles. The third kappa shape index (κ3) is 71.5. The summed E-state index contributed by atoms with van der Waals surface area (Å²) >= 11 is 0. The molecule has 6 atom stereocenters. The Hall–Kier alpha value is -14.1. The minimum atomic E-state index is -2.43. The van der Waals surface area contributed by atoms with Crippen molar-refractivity contribution in [3.63, 3.8) is 0 Å². The van der Waals surface area contributed by atoms with Crippen LogP contribution in [0.1, 0.15) is 131 Å². The van der Waals surface area contributed by atoms with Gasteiger partial charge in [0.25, 0.3) is 0 Å². The molecule has 4 aromatic rings. The van der Waals surface area contributed by atoms with E-state index in [1.807, 2.05) is 48.5 Å². The molecule has 44 nitrogen and oxygen atoms in total. The number of benzene rings is 4. The Morgan fingerprint density at radius 1 is 0.420 bits per heavy atom. The van der Waals surface area contributed by atoms with Crippen LogP contribution in [0.2, 0.25) is 0 Å². The zero-order valence-electron chi connectivity index (χ0n) is 87.7. The molecule has 1 amide bonds. The van der Waals surface area contributed by atoms with Crippen LogP contribution in [-0.2, 0) is 175 Å². The van der Waals surface area contributed by atoms with Crippen LogP contribution in [0.3, 0.4) is 0 Å². The van der Waals surface area contributed by atoms with Gasteiger partial charge in [-0.05, 0) is 159 Å². The van der Waals surface area contributed by atoms with Gasteiger partial charge in [0.2, 0.25) is 11.7 Å². The SMILES string of the molecule is C=C.C=C.C=C.C=C.C=C.C=C.C=C.C=C.C=C.C=C.C=C.C=C.C=C.C=C.C=C.C=C.C=C.C=C.C=C.C=C.C=C.C=C.C=C.C=C.COOOOOOOOOOOOOCC(COOOOOOOOOOOOOC)(COC(=O)CCCC(=O)N[C@@H]1C[C@@H](N[C@@H]2C[C@@](O)(C(=O)CO)Cc3c(O)c4c(c(O)c32)C(=O)c2c(OC)cccc2C4=O)O[C@H](C)[C@@H]1O)CC(=O)CCCC(=O)OCC1c2ccccc2-c2ccccc21. The van der Waals surface area contributed by atoms with Crippen LogP contribution in [0.15, 0.2) is 383 Å². The molecule has 0 bridgehead atoms. The number of Topliss-reactive ketones (excluding diaryl/α,β-unsaturated/α-hetero) is 2. The average Bonchev–Trinajstić information content (AvgIpc) is 0.922. The van der Waals surface area contributed by atoms with Crippen LogP contribution < -0.4 is 15.4 Å². The van der Waals surface area contributed by atoms with Crippen LogP contribution in [-0.4, -0.2) is 151 Å². The molecule has 1 saturated heterocycles. The van der Waals surface area contributed by atoms with Crippen molar-refractivity contribution in [2.24, 2.45) is 5.41 Å². The van der Waals surface area contributed by atoms with Crippen molar-refractivity contribution in [1.29, 1.82) is 0 Å². The van der Waals surface area contributed by atoms with E-state index in [0.29, 0.717) is 0 Å². The minimum Gasteiger partial charge on any atom is -0.507 e. The summed E-state index contributed by atoms with van der Waals surface area (Å²) in [4.78, 5) is 114. The predicted molar refractivity (Wildman–Crippen MR) is 573 cm³/mol. The summed E-state index contributed by atoms with van der Waals surface area (Å²) in [5, 5.41) is 149. The fourth-order valence-electron chi connectivity index (χ4n) is 11.5. The minimum absolute atomic E-state index is 0.00514. The topological polar surface area (TPSA) is 522 Å². The molecule has 848 valence electrons. The number of phenols is 2. The quantitative estimate of drug-likeness (QED) is 0.00475. The maximum atomic E-state index is 14.2. The van der Waals surface area contributed by atoms with Gasteiger partial charge in [-0.2, -0.15) is 0 Å². The van der Waals surface area contributed by atoms with Gasteiger partial charge in [0.15, 0.2) is 11.6 Å². The Morgan fingerprint density at radius 2 is 0.767 bits per heavy atom. The Bertz CT molecular complexity index is 3740. The van der Waals surface area contributed by atoms with E-state index in [0.717, 1.165) is 36.5 Å². The number of carbonyl (C=O) groups excluding carboxylic acids is 7. The molecular weight excluding hydrogens is 1970 g/mol. The van der Waals surface area contributed by atoms with Gasteiger partial charge in [0, 0.05) is 80.0 Å². The zero-order chi connectivity index (χ0) is 121. The highest BCUT2D eigenvalue weighted by Crippen LogP contribution is 2.52. The van der Waals surface area contributed by atoms with Gasteiger partial charge in [0.1, 0.15) is 60.8 Å². The molecule has 1 aliphatic heterocycles. The molecule has 7 N–H and O–H groups in total. The largest absolute Gasteiger partial charge is 0.507 e. The number of rotatable bonds is 48. The first-order valence-electron chi connectivity index (χ1n) is 42.0. The lowest BCUT2D eigenvalue weighted by Gasteiger charge is -2.43. The number of esters is 2. The zero-order valence-corrected chi connectivity index (χ0v) is 87.7. The van der Waals surface area contributed by atoms with Crippen molar-refractivity contribution in [2.75, 3.05) is 54.4 Å². The van der Waals surface area contributed by atoms with Crippen molar-refractivity contribution < 1.29 is 208 Å². The molecule has 8 rings (SSSR count). The maximum Gasteiger partial charge on any atom is 0.305 e.